The van der Waals surface area contributed by atoms with Gasteiger partial charge in [-0.1, -0.05) is 12.1 Å². The van der Waals surface area contributed by atoms with Crippen molar-refractivity contribution in [1.29, 1.82) is 0 Å². The molecule has 4 nitrogen and oxygen atoms in total. The van der Waals surface area contributed by atoms with Gasteiger partial charge in [-0.25, -0.2) is 4.39 Å². The van der Waals surface area contributed by atoms with Gasteiger partial charge in [-0.2, -0.15) is 0 Å². The van der Waals surface area contributed by atoms with Crippen LogP contribution in [0.25, 0.3) is 0 Å². The van der Waals surface area contributed by atoms with Gasteiger partial charge >= 0.3 is 0 Å². The Morgan fingerprint density at radius 3 is 2.33 bits per heavy atom. The van der Waals surface area contributed by atoms with Crippen molar-refractivity contribution in [2.24, 2.45) is 4.99 Å². The summed E-state index contributed by atoms with van der Waals surface area (Å²) in [7, 11) is 3.94. The van der Waals surface area contributed by atoms with Crippen LogP contribution in [-0.4, -0.2) is 50.6 Å². The molecule has 0 aliphatic rings. The maximum Gasteiger partial charge on any atom is 0.190 e. The van der Waals surface area contributed by atoms with Crippen LogP contribution >= 0.6 is 24.0 Å². The summed E-state index contributed by atoms with van der Waals surface area (Å²) in [6, 6.07) is 7.23. The Morgan fingerprint density at radius 1 is 1.12 bits per heavy atom. The van der Waals surface area contributed by atoms with E-state index in [1.54, 1.807) is 7.05 Å². The molecule has 0 unspecified atom stereocenters. The average molecular weight is 450 g/mol. The van der Waals surface area contributed by atoms with E-state index in [4.69, 9.17) is 0 Å². The van der Waals surface area contributed by atoms with Crippen LogP contribution in [0.3, 0.4) is 0 Å². The van der Waals surface area contributed by atoms with Gasteiger partial charge in [0, 0.05) is 26.2 Å². The van der Waals surface area contributed by atoms with Crippen LogP contribution in [0, 0.1) is 5.82 Å². The minimum absolute atomic E-state index is 0. The predicted molar refractivity (Wildman–Crippen MR) is 112 cm³/mol. The highest BCUT2D eigenvalue weighted by Crippen LogP contribution is 2.02. The van der Waals surface area contributed by atoms with Crippen LogP contribution in [0.5, 0.6) is 0 Å². The van der Waals surface area contributed by atoms with E-state index in [-0.39, 0.29) is 29.8 Å². The summed E-state index contributed by atoms with van der Waals surface area (Å²) < 4.78 is 12.8. The molecule has 6 heteroatoms. The number of unbranched alkanes of at least 4 members (excludes halogenated alkanes) is 1. The van der Waals surface area contributed by atoms with Crippen LogP contribution in [0.1, 0.15) is 32.3 Å². The molecule has 0 aliphatic carbocycles. The van der Waals surface area contributed by atoms with Gasteiger partial charge in [0.1, 0.15) is 5.82 Å². The monoisotopic (exact) mass is 450 g/mol. The summed E-state index contributed by atoms with van der Waals surface area (Å²) in [4.78, 5) is 6.58. The van der Waals surface area contributed by atoms with Gasteiger partial charge in [0.25, 0.3) is 0 Å². The number of nitrogens with one attached hydrogen (secondary N) is 2. The largest absolute Gasteiger partial charge is 0.356 e. The smallest absolute Gasteiger partial charge is 0.190 e. The predicted octanol–water partition coefficient (Wildman–Crippen LogP) is 3.27. The third kappa shape index (κ3) is 10.1. The second-order valence-corrected chi connectivity index (χ2v) is 6.08. The molecule has 0 saturated carbocycles. The molecular formula is C18H32FIN4. The lowest BCUT2D eigenvalue weighted by molar-refractivity contribution is 0.268. The summed E-state index contributed by atoms with van der Waals surface area (Å²) in [5.74, 6) is 0.631. The molecule has 1 aromatic rings. The molecule has 0 spiro atoms. The minimum Gasteiger partial charge on any atom is -0.356 e. The van der Waals surface area contributed by atoms with Crippen LogP contribution in [0.2, 0.25) is 0 Å². The van der Waals surface area contributed by atoms with Crippen molar-refractivity contribution in [2.75, 3.05) is 33.7 Å². The van der Waals surface area contributed by atoms with Gasteiger partial charge in [0.05, 0.1) is 0 Å². The van der Waals surface area contributed by atoms with Crippen molar-refractivity contribution >= 4 is 29.9 Å². The average Bonchev–Trinajstić information content (AvgIpc) is 2.54. The van der Waals surface area contributed by atoms with Crippen LogP contribution in [0.15, 0.2) is 29.3 Å². The molecule has 0 radical (unpaired) electrons. The van der Waals surface area contributed by atoms with Crippen molar-refractivity contribution in [1.82, 2.24) is 15.5 Å². The molecule has 0 aromatic heterocycles. The molecule has 0 bridgehead atoms. The standard InChI is InChI=1S/C18H31FN4.HI/c1-15(2)23(4)14-6-5-12-21-18(20-3)22-13-11-16-7-9-17(19)10-8-16;/h7-10,15H,5-6,11-14H2,1-4H3,(H2,20,21,22);1H. The Hall–Kier alpha value is -0.890. The van der Waals surface area contributed by atoms with Gasteiger partial charge in [-0.05, 0) is 64.4 Å². The Bertz CT molecular complexity index is 463. The van der Waals surface area contributed by atoms with E-state index in [0.29, 0.717) is 6.04 Å². The highest BCUT2D eigenvalue weighted by atomic mass is 127. The number of hydrogen-bond donors (Lipinski definition) is 2. The lowest BCUT2D eigenvalue weighted by atomic mass is 10.1. The van der Waals surface area contributed by atoms with E-state index in [0.717, 1.165) is 44.0 Å². The summed E-state index contributed by atoms with van der Waals surface area (Å²) in [6.07, 6.45) is 3.14. The number of aliphatic imine (C=N–C) groups is 1. The lowest BCUT2D eigenvalue weighted by Crippen LogP contribution is -2.39. The number of benzene rings is 1. The van der Waals surface area contributed by atoms with Gasteiger partial charge < -0.3 is 15.5 Å². The van der Waals surface area contributed by atoms with E-state index < -0.39 is 0 Å². The zero-order chi connectivity index (χ0) is 17.1. The molecule has 24 heavy (non-hydrogen) atoms. The maximum atomic E-state index is 12.8. The van der Waals surface area contributed by atoms with Crippen molar-refractivity contribution in [3.05, 3.63) is 35.6 Å². The molecule has 0 atom stereocenters. The van der Waals surface area contributed by atoms with Gasteiger partial charge in [0.2, 0.25) is 0 Å². The van der Waals surface area contributed by atoms with E-state index in [1.165, 1.54) is 18.6 Å². The topological polar surface area (TPSA) is 39.7 Å². The van der Waals surface area contributed by atoms with E-state index in [1.807, 2.05) is 12.1 Å². The summed E-state index contributed by atoms with van der Waals surface area (Å²) in [5.41, 5.74) is 1.12. The zero-order valence-corrected chi connectivity index (χ0v) is 17.6. The Labute approximate surface area is 163 Å². The summed E-state index contributed by atoms with van der Waals surface area (Å²) in [5, 5.41) is 6.61. The molecule has 0 amide bonds. The number of hydrogen-bond acceptors (Lipinski definition) is 2. The Morgan fingerprint density at radius 2 is 1.75 bits per heavy atom. The van der Waals surface area contributed by atoms with Gasteiger partial charge in [-0.15, -0.1) is 24.0 Å². The maximum absolute atomic E-state index is 12.8. The van der Waals surface area contributed by atoms with Crippen LogP contribution in [0.4, 0.5) is 4.39 Å². The molecule has 138 valence electrons. The second-order valence-electron chi connectivity index (χ2n) is 6.08. The van der Waals surface area contributed by atoms with Gasteiger partial charge in [0.15, 0.2) is 5.96 Å². The molecule has 1 rings (SSSR count). The first-order valence-electron chi connectivity index (χ1n) is 8.42. The lowest BCUT2D eigenvalue weighted by Gasteiger charge is -2.20. The first-order chi connectivity index (χ1) is 11.0. The number of halogens is 2. The first-order valence-corrected chi connectivity index (χ1v) is 8.42. The molecule has 0 aliphatic heterocycles. The first kappa shape index (κ1) is 23.1. The SMILES string of the molecule is CN=C(NCCCCN(C)C(C)C)NCCc1ccc(F)cc1.I. The van der Waals surface area contributed by atoms with Crippen LogP contribution in [-0.2, 0) is 6.42 Å². The molecule has 0 saturated heterocycles. The molecule has 0 heterocycles. The minimum atomic E-state index is -0.192. The third-order valence-corrected chi connectivity index (χ3v) is 3.95. The fraction of sp³-hybridized carbons (Fsp3) is 0.611. The quantitative estimate of drug-likeness (QED) is 0.263. The molecule has 0 fully saturated rings. The Kier molecular flexibility index (Phi) is 12.9. The third-order valence-electron chi connectivity index (χ3n) is 3.95. The fourth-order valence-corrected chi connectivity index (χ4v) is 2.15. The zero-order valence-electron chi connectivity index (χ0n) is 15.3. The van der Waals surface area contributed by atoms with Crippen molar-refractivity contribution in [3.63, 3.8) is 0 Å². The number of nitrogens with zero attached hydrogens (tertiary/aromatic N) is 2. The van der Waals surface area contributed by atoms with Crippen molar-refractivity contribution in [3.8, 4) is 0 Å². The second kappa shape index (κ2) is 13.4. The van der Waals surface area contributed by atoms with E-state index >= 15 is 0 Å². The van der Waals surface area contributed by atoms with Crippen LogP contribution < -0.4 is 10.6 Å². The highest BCUT2D eigenvalue weighted by Gasteiger charge is 2.02. The molecule has 2 N–H and O–H groups in total. The fourth-order valence-electron chi connectivity index (χ4n) is 2.15. The van der Waals surface area contributed by atoms with Gasteiger partial charge in [-0.3, -0.25) is 4.99 Å². The molecular weight excluding hydrogens is 418 g/mol. The van der Waals surface area contributed by atoms with E-state index in [9.17, 15) is 4.39 Å². The summed E-state index contributed by atoms with van der Waals surface area (Å²) >= 11 is 0. The number of guanidine groups is 1. The normalized spacial score (nSPS) is 11.5. The summed E-state index contributed by atoms with van der Waals surface area (Å²) in [6.45, 7) is 7.25. The van der Waals surface area contributed by atoms with Crippen molar-refractivity contribution in [2.45, 2.75) is 39.2 Å². The number of rotatable bonds is 9. The highest BCUT2D eigenvalue weighted by molar-refractivity contribution is 14.0. The molecule has 1 aromatic carbocycles. The van der Waals surface area contributed by atoms with Crippen molar-refractivity contribution < 1.29 is 4.39 Å². The van der Waals surface area contributed by atoms with E-state index in [2.05, 4.69) is 41.4 Å². The Balaban J connectivity index is 0.00000529.